The van der Waals surface area contributed by atoms with Crippen LogP contribution >= 0.6 is 0 Å². The van der Waals surface area contributed by atoms with Gasteiger partial charge in [0.1, 0.15) is 0 Å². The molecule has 19 heavy (non-hydrogen) atoms. The van der Waals surface area contributed by atoms with Gasteiger partial charge in [-0.1, -0.05) is 12.1 Å². The predicted molar refractivity (Wildman–Crippen MR) is 74.6 cm³/mol. The average Bonchev–Trinajstić information content (AvgIpc) is 2.43. The highest BCUT2D eigenvalue weighted by atomic mass is 16.2. The minimum Gasteiger partial charge on any atom is -0.366 e. The molecule has 0 saturated heterocycles. The first-order chi connectivity index (χ1) is 8.95. The topological polar surface area (TPSA) is 75.4 Å². The Labute approximate surface area is 113 Å². The number of nitrogens with zero attached hydrogens (tertiary/aromatic N) is 1. The Hall–Kier alpha value is -1.88. The number of benzene rings is 1. The molecule has 1 rings (SSSR count). The number of hydrogen-bond acceptors (Lipinski definition) is 3. The highest BCUT2D eigenvalue weighted by Crippen LogP contribution is 2.05. The van der Waals surface area contributed by atoms with Crippen molar-refractivity contribution < 1.29 is 9.59 Å². The van der Waals surface area contributed by atoms with Crippen LogP contribution in [0.25, 0.3) is 0 Å². The van der Waals surface area contributed by atoms with Gasteiger partial charge in [-0.25, -0.2) is 0 Å². The minimum atomic E-state index is -0.448. The summed E-state index contributed by atoms with van der Waals surface area (Å²) >= 11 is 0. The van der Waals surface area contributed by atoms with Crippen molar-refractivity contribution in [3.8, 4) is 0 Å². The SMILES string of the molecule is CCN(C)C(=O)C(C)NCc1cccc(C(N)=O)c1. The summed E-state index contributed by atoms with van der Waals surface area (Å²) in [5, 5.41) is 3.14. The van der Waals surface area contributed by atoms with Gasteiger partial charge in [-0.05, 0) is 31.5 Å². The molecule has 0 radical (unpaired) electrons. The van der Waals surface area contributed by atoms with Crippen LogP contribution in [0, 0.1) is 0 Å². The third-order valence-electron chi connectivity index (χ3n) is 3.04. The number of nitrogens with two attached hydrogens (primary N) is 1. The number of hydrogen-bond donors (Lipinski definition) is 2. The monoisotopic (exact) mass is 263 g/mol. The van der Waals surface area contributed by atoms with Crippen molar-refractivity contribution in [3.05, 3.63) is 35.4 Å². The fraction of sp³-hybridized carbons (Fsp3) is 0.429. The summed E-state index contributed by atoms with van der Waals surface area (Å²) in [7, 11) is 1.77. The fourth-order valence-electron chi connectivity index (χ4n) is 1.68. The standard InChI is InChI=1S/C14H21N3O2/c1-4-17(3)14(19)10(2)16-9-11-6-5-7-12(8-11)13(15)18/h5-8,10,16H,4,9H2,1-3H3,(H2,15,18). The molecular weight excluding hydrogens is 242 g/mol. The third kappa shape index (κ3) is 4.37. The molecule has 0 bridgehead atoms. The van der Waals surface area contributed by atoms with E-state index in [1.165, 1.54) is 0 Å². The zero-order valence-electron chi connectivity index (χ0n) is 11.6. The molecule has 5 heteroatoms. The molecule has 2 amide bonds. The molecule has 3 N–H and O–H groups in total. The molecule has 1 aromatic carbocycles. The van der Waals surface area contributed by atoms with Crippen molar-refractivity contribution in [3.63, 3.8) is 0 Å². The van der Waals surface area contributed by atoms with Gasteiger partial charge in [0.05, 0.1) is 6.04 Å². The molecule has 1 unspecified atom stereocenters. The lowest BCUT2D eigenvalue weighted by molar-refractivity contribution is -0.131. The molecule has 0 heterocycles. The molecule has 0 aliphatic carbocycles. The maximum absolute atomic E-state index is 11.9. The summed E-state index contributed by atoms with van der Waals surface area (Å²) < 4.78 is 0. The lowest BCUT2D eigenvalue weighted by atomic mass is 10.1. The molecule has 0 spiro atoms. The number of likely N-dealkylation sites (N-methyl/N-ethyl adjacent to an activating group) is 1. The van der Waals surface area contributed by atoms with Gasteiger partial charge in [-0.15, -0.1) is 0 Å². The zero-order valence-corrected chi connectivity index (χ0v) is 11.6. The number of nitrogens with one attached hydrogen (secondary N) is 1. The molecule has 1 atom stereocenters. The smallest absolute Gasteiger partial charge is 0.248 e. The van der Waals surface area contributed by atoms with Gasteiger partial charge in [-0.3, -0.25) is 9.59 Å². The summed E-state index contributed by atoms with van der Waals surface area (Å²) in [6, 6.07) is 6.81. The second-order valence-electron chi connectivity index (χ2n) is 4.52. The largest absolute Gasteiger partial charge is 0.366 e. The first-order valence-electron chi connectivity index (χ1n) is 6.32. The van der Waals surface area contributed by atoms with Crippen LogP contribution in [-0.4, -0.2) is 36.3 Å². The number of carbonyl (C=O) groups excluding carboxylic acids is 2. The van der Waals surface area contributed by atoms with E-state index < -0.39 is 5.91 Å². The average molecular weight is 263 g/mol. The Morgan fingerprint density at radius 1 is 1.42 bits per heavy atom. The lowest BCUT2D eigenvalue weighted by Gasteiger charge is -2.20. The van der Waals surface area contributed by atoms with E-state index in [1.54, 1.807) is 30.1 Å². The molecular formula is C14H21N3O2. The Morgan fingerprint density at radius 3 is 2.68 bits per heavy atom. The van der Waals surface area contributed by atoms with E-state index in [0.29, 0.717) is 18.7 Å². The van der Waals surface area contributed by atoms with Crippen LogP contribution in [0.3, 0.4) is 0 Å². The number of rotatable bonds is 6. The maximum Gasteiger partial charge on any atom is 0.248 e. The van der Waals surface area contributed by atoms with Crippen LogP contribution in [0.15, 0.2) is 24.3 Å². The third-order valence-corrected chi connectivity index (χ3v) is 3.04. The van der Waals surface area contributed by atoms with E-state index in [-0.39, 0.29) is 11.9 Å². The van der Waals surface area contributed by atoms with Crippen molar-refractivity contribution in [2.24, 2.45) is 5.73 Å². The Bertz CT molecular complexity index is 460. The number of amides is 2. The van der Waals surface area contributed by atoms with E-state index in [9.17, 15) is 9.59 Å². The van der Waals surface area contributed by atoms with Gasteiger partial charge in [0, 0.05) is 25.7 Å². The van der Waals surface area contributed by atoms with Gasteiger partial charge in [0.2, 0.25) is 11.8 Å². The van der Waals surface area contributed by atoms with Crippen LogP contribution in [0.1, 0.15) is 29.8 Å². The van der Waals surface area contributed by atoms with Gasteiger partial charge in [0.25, 0.3) is 0 Å². The molecule has 5 nitrogen and oxygen atoms in total. The maximum atomic E-state index is 11.9. The van der Waals surface area contributed by atoms with Gasteiger partial charge < -0.3 is 16.0 Å². The highest BCUT2D eigenvalue weighted by molar-refractivity contribution is 5.92. The molecule has 1 aromatic rings. The van der Waals surface area contributed by atoms with Crippen LogP contribution < -0.4 is 11.1 Å². The number of primary amides is 1. The Morgan fingerprint density at radius 2 is 2.11 bits per heavy atom. The van der Waals surface area contributed by atoms with Crippen LogP contribution in [-0.2, 0) is 11.3 Å². The number of carbonyl (C=O) groups is 2. The summed E-state index contributed by atoms with van der Waals surface area (Å²) in [6.45, 7) is 4.96. The molecule has 0 fully saturated rings. The van der Waals surface area contributed by atoms with Crippen LogP contribution in [0.5, 0.6) is 0 Å². The molecule has 0 aliphatic rings. The van der Waals surface area contributed by atoms with Gasteiger partial charge >= 0.3 is 0 Å². The second-order valence-corrected chi connectivity index (χ2v) is 4.52. The van der Waals surface area contributed by atoms with E-state index in [1.807, 2.05) is 19.9 Å². The summed E-state index contributed by atoms with van der Waals surface area (Å²) in [6.07, 6.45) is 0. The predicted octanol–water partition coefficient (Wildman–Crippen LogP) is 0.742. The molecule has 104 valence electrons. The van der Waals surface area contributed by atoms with Crippen molar-refractivity contribution in [1.82, 2.24) is 10.2 Å². The first-order valence-corrected chi connectivity index (χ1v) is 6.32. The Balaban J connectivity index is 2.59. The van der Waals surface area contributed by atoms with Gasteiger partial charge in [0.15, 0.2) is 0 Å². The Kier molecular flexibility index (Phi) is 5.51. The van der Waals surface area contributed by atoms with Crippen molar-refractivity contribution in [2.45, 2.75) is 26.4 Å². The first kappa shape index (κ1) is 15.2. The summed E-state index contributed by atoms with van der Waals surface area (Å²) in [5.74, 6) is -0.398. The van der Waals surface area contributed by atoms with Crippen LogP contribution in [0.2, 0.25) is 0 Å². The van der Waals surface area contributed by atoms with E-state index >= 15 is 0 Å². The minimum absolute atomic E-state index is 0.0496. The van der Waals surface area contributed by atoms with Crippen molar-refractivity contribution in [2.75, 3.05) is 13.6 Å². The second kappa shape index (κ2) is 6.89. The molecule has 0 aliphatic heterocycles. The molecule has 0 saturated carbocycles. The van der Waals surface area contributed by atoms with Crippen molar-refractivity contribution >= 4 is 11.8 Å². The lowest BCUT2D eigenvalue weighted by Crippen LogP contribution is -2.42. The summed E-state index contributed by atoms with van der Waals surface area (Å²) in [5.41, 5.74) is 6.63. The normalized spacial score (nSPS) is 11.9. The van der Waals surface area contributed by atoms with E-state index in [0.717, 1.165) is 5.56 Å². The van der Waals surface area contributed by atoms with E-state index in [2.05, 4.69) is 5.32 Å². The molecule has 0 aromatic heterocycles. The zero-order chi connectivity index (χ0) is 14.4. The van der Waals surface area contributed by atoms with Crippen LogP contribution in [0.4, 0.5) is 0 Å². The van der Waals surface area contributed by atoms with Crippen molar-refractivity contribution in [1.29, 1.82) is 0 Å². The van der Waals surface area contributed by atoms with E-state index in [4.69, 9.17) is 5.73 Å². The quantitative estimate of drug-likeness (QED) is 0.795. The van der Waals surface area contributed by atoms with Gasteiger partial charge in [-0.2, -0.15) is 0 Å². The summed E-state index contributed by atoms with van der Waals surface area (Å²) in [4.78, 5) is 24.6. The highest BCUT2D eigenvalue weighted by Gasteiger charge is 2.15. The fourth-order valence-corrected chi connectivity index (χ4v) is 1.68.